The van der Waals surface area contributed by atoms with E-state index in [0.29, 0.717) is 15.9 Å². The first-order valence-corrected chi connectivity index (χ1v) is 15.9. The highest BCUT2D eigenvalue weighted by atomic mass is 35.5. The minimum atomic E-state index is -0.975. The van der Waals surface area contributed by atoms with Crippen LogP contribution in [0.25, 0.3) is 44.1 Å². The van der Waals surface area contributed by atoms with Crippen molar-refractivity contribution in [3.05, 3.63) is 118 Å². The molecule has 0 amide bonds. The zero-order valence-corrected chi connectivity index (χ0v) is 25.9. The SMILES string of the molecule is O=C(O)c1c[nH]c2cc(Cl)c(-c3ccc(C4(O)CCC4)cc3)cc12.OC1(c2ccc(-c3cc4cc[nH]c4cc3Cl)cc2)CCC1. The summed E-state index contributed by atoms with van der Waals surface area (Å²) >= 11 is 12.8. The zero-order valence-electron chi connectivity index (χ0n) is 24.4. The molecular weight excluding hydrogens is 607 g/mol. The van der Waals surface area contributed by atoms with Crippen LogP contribution in [0.1, 0.15) is 60.0 Å². The summed E-state index contributed by atoms with van der Waals surface area (Å²) in [5.41, 5.74) is 6.37. The van der Waals surface area contributed by atoms with Crippen molar-refractivity contribution in [2.24, 2.45) is 0 Å². The molecule has 6 aromatic rings. The summed E-state index contributed by atoms with van der Waals surface area (Å²) < 4.78 is 0. The molecular formula is C37H32Cl2N2O4. The van der Waals surface area contributed by atoms with E-state index in [9.17, 15) is 20.1 Å². The first kappa shape index (κ1) is 29.6. The average molecular weight is 640 g/mol. The second-order valence-electron chi connectivity index (χ2n) is 12.2. The number of hydrogen-bond acceptors (Lipinski definition) is 3. The van der Waals surface area contributed by atoms with Gasteiger partial charge in [-0.3, -0.25) is 0 Å². The van der Waals surface area contributed by atoms with Crippen LogP contribution in [0.15, 0.2) is 91.3 Å². The fraction of sp³-hybridized carbons (Fsp3) is 0.216. The van der Waals surface area contributed by atoms with E-state index in [1.54, 1.807) is 12.1 Å². The van der Waals surface area contributed by atoms with Gasteiger partial charge in [-0.1, -0.05) is 71.7 Å². The van der Waals surface area contributed by atoms with E-state index >= 15 is 0 Å². The van der Waals surface area contributed by atoms with Gasteiger partial charge < -0.3 is 25.3 Å². The molecule has 2 heterocycles. The number of H-pyrrole nitrogens is 2. The lowest BCUT2D eigenvalue weighted by atomic mass is 9.75. The number of carboxylic acid groups (broad SMARTS) is 1. The van der Waals surface area contributed by atoms with E-state index < -0.39 is 17.2 Å². The van der Waals surface area contributed by atoms with E-state index in [1.807, 2.05) is 66.9 Å². The molecule has 8 rings (SSSR count). The Kier molecular flexibility index (Phi) is 7.49. The van der Waals surface area contributed by atoms with E-state index in [1.165, 1.54) is 6.20 Å². The van der Waals surface area contributed by atoms with Gasteiger partial charge >= 0.3 is 5.97 Å². The van der Waals surface area contributed by atoms with Gasteiger partial charge in [0.2, 0.25) is 0 Å². The van der Waals surface area contributed by atoms with Crippen LogP contribution in [0.2, 0.25) is 10.0 Å². The Morgan fingerprint density at radius 1 is 0.667 bits per heavy atom. The number of aromatic carboxylic acids is 1. The topological polar surface area (TPSA) is 109 Å². The van der Waals surface area contributed by atoms with Crippen LogP contribution in [0.4, 0.5) is 0 Å². The molecule has 8 heteroatoms. The Hall–Kier alpha value is -4.07. The van der Waals surface area contributed by atoms with Crippen molar-refractivity contribution in [2.45, 2.75) is 49.7 Å². The molecule has 0 saturated heterocycles. The Balaban J connectivity index is 0.000000146. The smallest absolute Gasteiger partial charge is 0.337 e. The molecule has 0 aliphatic heterocycles. The summed E-state index contributed by atoms with van der Waals surface area (Å²) in [4.78, 5) is 17.4. The molecule has 0 bridgehead atoms. The van der Waals surface area contributed by atoms with Crippen molar-refractivity contribution < 1.29 is 20.1 Å². The van der Waals surface area contributed by atoms with Crippen molar-refractivity contribution >= 4 is 51.0 Å². The zero-order chi connectivity index (χ0) is 31.3. The summed E-state index contributed by atoms with van der Waals surface area (Å²) in [7, 11) is 0. The Bertz CT molecular complexity index is 2040. The Morgan fingerprint density at radius 2 is 1.18 bits per heavy atom. The highest BCUT2D eigenvalue weighted by Crippen LogP contribution is 2.43. The normalized spacial score (nSPS) is 16.4. The lowest BCUT2D eigenvalue weighted by molar-refractivity contribution is -0.0391. The maximum Gasteiger partial charge on any atom is 0.337 e. The number of rotatable bonds is 5. The van der Waals surface area contributed by atoms with E-state index in [2.05, 4.69) is 16.0 Å². The quantitative estimate of drug-likeness (QED) is 0.129. The summed E-state index contributed by atoms with van der Waals surface area (Å²) in [6, 6.07) is 25.5. The molecule has 0 atom stereocenters. The largest absolute Gasteiger partial charge is 0.478 e. The first-order valence-electron chi connectivity index (χ1n) is 15.1. The van der Waals surface area contributed by atoms with Gasteiger partial charge in [-0.05, 0) is 91.1 Å². The van der Waals surface area contributed by atoms with Crippen LogP contribution < -0.4 is 0 Å². The molecule has 228 valence electrons. The molecule has 0 spiro atoms. The first-order chi connectivity index (χ1) is 21.6. The molecule has 0 radical (unpaired) electrons. The third kappa shape index (κ3) is 5.42. The van der Waals surface area contributed by atoms with Crippen LogP contribution >= 0.6 is 23.2 Å². The molecule has 2 fully saturated rings. The van der Waals surface area contributed by atoms with E-state index in [4.69, 9.17) is 23.2 Å². The predicted molar refractivity (Wildman–Crippen MR) is 180 cm³/mol. The van der Waals surface area contributed by atoms with Gasteiger partial charge in [0.25, 0.3) is 0 Å². The number of fused-ring (bicyclic) bond motifs is 2. The highest BCUT2D eigenvalue weighted by molar-refractivity contribution is 6.34. The maximum atomic E-state index is 11.3. The maximum absolute atomic E-state index is 11.3. The second kappa shape index (κ2) is 11.4. The van der Waals surface area contributed by atoms with Gasteiger partial charge in [-0.2, -0.15) is 0 Å². The van der Waals surface area contributed by atoms with Crippen molar-refractivity contribution in [1.82, 2.24) is 9.97 Å². The third-order valence-corrected chi connectivity index (χ3v) is 10.1. The molecule has 2 aliphatic rings. The summed E-state index contributed by atoms with van der Waals surface area (Å²) in [5.74, 6) is -0.975. The monoisotopic (exact) mass is 638 g/mol. The number of hydrogen-bond donors (Lipinski definition) is 5. The summed E-state index contributed by atoms with van der Waals surface area (Å²) in [6.45, 7) is 0. The molecule has 6 nitrogen and oxygen atoms in total. The molecule has 2 aliphatic carbocycles. The Morgan fingerprint density at radius 3 is 1.67 bits per heavy atom. The van der Waals surface area contributed by atoms with Gasteiger partial charge in [0, 0.05) is 45.3 Å². The van der Waals surface area contributed by atoms with Crippen LogP contribution in [0.3, 0.4) is 0 Å². The Labute approximate surface area is 270 Å². The third-order valence-electron chi connectivity index (χ3n) is 9.47. The fourth-order valence-corrected chi connectivity index (χ4v) is 6.90. The lowest BCUT2D eigenvalue weighted by Crippen LogP contribution is -2.33. The van der Waals surface area contributed by atoms with Crippen LogP contribution in [0.5, 0.6) is 0 Å². The number of carbonyl (C=O) groups is 1. The number of aliphatic hydroxyl groups is 2. The van der Waals surface area contributed by atoms with Crippen LogP contribution in [-0.2, 0) is 11.2 Å². The van der Waals surface area contributed by atoms with Crippen LogP contribution in [0, 0.1) is 0 Å². The number of aromatic amines is 2. The number of halogens is 2. The standard InChI is InChI=1S/C19H16ClNO3.C18H16ClNO/c20-16-9-17-14(15(10-21-17)18(22)23)8-13(16)11-2-4-12(5-3-11)19(24)6-1-7-19;19-16-11-17-13(6-9-20-17)10-15(16)12-2-4-14(5-3-12)18(21)7-1-8-18/h2-5,8-10,21,24H,1,6-7H2,(H,22,23);2-6,9-11,20-21H,1,7-8H2. The minimum Gasteiger partial charge on any atom is -0.478 e. The van der Waals surface area contributed by atoms with Gasteiger partial charge in [0.1, 0.15) is 0 Å². The summed E-state index contributed by atoms with van der Waals surface area (Å²) in [6.07, 6.45) is 8.86. The van der Waals surface area contributed by atoms with Gasteiger partial charge in [-0.25, -0.2) is 4.79 Å². The van der Waals surface area contributed by atoms with Crippen molar-refractivity contribution in [3.8, 4) is 22.3 Å². The molecule has 2 aromatic heterocycles. The molecule has 0 unspecified atom stereocenters. The molecule has 5 N–H and O–H groups in total. The number of aromatic nitrogens is 2. The van der Waals surface area contributed by atoms with Gasteiger partial charge in [0.15, 0.2) is 0 Å². The second-order valence-corrected chi connectivity index (χ2v) is 13.0. The van der Waals surface area contributed by atoms with Crippen molar-refractivity contribution in [1.29, 1.82) is 0 Å². The number of carboxylic acids is 1. The van der Waals surface area contributed by atoms with Crippen molar-refractivity contribution in [2.75, 3.05) is 0 Å². The highest BCUT2D eigenvalue weighted by Gasteiger charge is 2.36. The number of benzene rings is 4. The number of nitrogens with one attached hydrogen (secondary N) is 2. The summed E-state index contributed by atoms with van der Waals surface area (Å²) in [5, 5.41) is 33.1. The van der Waals surface area contributed by atoms with E-state index in [-0.39, 0.29) is 5.56 Å². The molecule has 45 heavy (non-hydrogen) atoms. The van der Waals surface area contributed by atoms with Crippen molar-refractivity contribution in [3.63, 3.8) is 0 Å². The van der Waals surface area contributed by atoms with E-state index in [0.717, 1.165) is 87.8 Å². The predicted octanol–water partition coefficient (Wildman–Crippen LogP) is 9.42. The fourth-order valence-electron chi connectivity index (χ4n) is 6.36. The minimum absolute atomic E-state index is 0.225. The molecule has 4 aromatic carbocycles. The molecule has 2 saturated carbocycles. The lowest BCUT2D eigenvalue weighted by Gasteiger charge is -2.37. The van der Waals surface area contributed by atoms with Gasteiger partial charge in [0.05, 0.1) is 26.8 Å². The van der Waals surface area contributed by atoms with Crippen LogP contribution in [-0.4, -0.2) is 31.3 Å². The van der Waals surface area contributed by atoms with Gasteiger partial charge in [-0.15, -0.1) is 0 Å². The average Bonchev–Trinajstić information content (AvgIpc) is 3.64.